The maximum Gasteiger partial charge on any atom is 0.0578 e. The molecular weight excluding hydrogens is 351 g/mol. The molecule has 1 aliphatic heterocycles. The van der Waals surface area contributed by atoms with Gasteiger partial charge in [-0.05, 0) is 54.2 Å². The van der Waals surface area contributed by atoms with Crippen LogP contribution in [0.2, 0.25) is 0 Å². The number of halogens is 2. The van der Waals surface area contributed by atoms with Gasteiger partial charge in [0.05, 0.1) is 6.17 Å². The lowest BCUT2D eigenvalue weighted by Gasteiger charge is -2.31. The van der Waals surface area contributed by atoms with Crippen LogP contribution in [0.4, 0.5) is 0 Å². The highest BCUT2D eigenvalue weighted by Crippen LogP contribution is 2.36. The van der Waals surface area contributed by atoms with Crippen LogP contribution in [0.3, 0.4) is 0 Å². The summed E-state index contributed by atoms with van der Waals surface area (Å²) in [4.78, 5) is 2.52. The quantitative estimate of drug-likeness (QED) is 0.836. The molecule has 2 aromatic rings. The van der Waals surface area contributed by atoms with Crippen molar-refractivity contribution < 1.29 is 0 Å². The predicted octanol–water partition coefficient (Wildman–Crippen LogP) is 4.72. The third-order valence-electron chi connectivity index (χ3n) is 5.67. The van der Waals surface area contributed by atoms with Gasteiger partial charge < -0.3 is 5.73 Å². The van der Waals surface area contributed by atoms with E-state index in [-0.39, 0.29) is 31.0 Å². The summed E-state index contributed by atoms with van der Waals surface area (Å²) in [5, 5.41) is 0. The molecule has 0 amide bonds. The molecule has 3 atom stereocenters. The molecule has 3 unspecified atom stereocenters. The van der Waals surface area contributed by atoms with Gasteiger partial charge in [-0.3, -0.25) is 4.90 Å². The van der Waals surface area contributed by atoms with Crippen LogP contribution in [0.15, 0.2) is 54.6 Å². The second-order valence-corrected chi connectivity index (χ2v) is 7.15. The van der Waals surface area contributed by atoms with E-state index in [2.05, 4.69) is 59.5 Å². The Kier molecular flexibility index (Phi) is 7.33. The molecule has 0 spiro atoms. The van der Waals surface area contributed by atoms with Crippen molar-refractivity contribution in [1.82, 2.24) is 4.90 Å². The zero-order valence-corrected chi connectivity index (χ0v) is 16.1. The number of likely N-dealkylation sites (tertiary alicyclic amines) is 1. The molecule has 4 rings (SSSR count). The SMILES string of the molecule is Cl.Cl.NC1CC(c2ccccc2)CN1CC1CCCc2ccccc21. The molecule has 2 aliphatic rings. The van der Waals surface area contributed by atoms with Gasteiger partial charge >= 0.3 is 0 Å². The first-order valence-electron chi connectivity index (χ1n) is 8.93. The van der Waals surface area contributed by atoms with Gasteiger partial charge in [0, 0.05) is 13.1 Å². The van der Waals surface area contributed by atoms with E-state index < -0.39 is 0 Å². The van der Waals surface area contributed by atoms with Crippen LogP contribution in [-0.4, -0.2) is 24.2 Å². The largest absolute Gasteiger partial charge is 0.316 e. The summed E-state index contributed by atoms with van der Waals surface area (Å²) in [6, 6.07) is 19.9. The standard InChI is InChI=1S/C21H26N2.2ClH/c22-21-13-19(16-7-2-1-3-8-16)15-23(21)14-18-11-6-10-17-9-4-5-12-20(17)18;;/h1-5,7-9,12,18-19,21H,6,10-11,13-15,22H2;2*1H. The first-order valence-corrected chi connectivity index (χ1v) is 8.93. The van der Waals surface area contributed by atoms with Crippen molar-refractivity contribution in [2.24, 2.45) is 5.73 Å². The van der Waals surface area contributed by atoms with Gasteiger partial charge in [0.1, 0.15) is 0 Å². The Bertz CT molecular complexity index is 662. The fraction of sp³-hybridized carbons (Fsp3) is 0.429. The summed E-state index contributed by atoms with van der Waals surface area (Å²) in [6.07, 6.45) is 5.14. The second kappa shape index (κ2) is 9.05. The van der Waals surface area contributed by atoms with Crippen molar-refractivity contribution in [3.05, 3.63) is 71.3 Å². The number of hydrogen-bond acceptors (Lipinski definition) is 2. The van der Waals surface area contributed by atoms with Crippen molar-refractivity contribution in [2.45, 2.75) is 43.7 Å². The topological polar surface area (TPSA) is 29.3 Å². The van der Waals surface area contributed by atoms with Crippen LogP contribution in [0.5, 0.6) is 0 Å². The molecule has 0 aromatic heterocycles. The number of fused-ring (bicyclic) bond motifs is 1. The van der Waals surface area contributed by atoms with E-state index in [1.54, 1.807) is 11.1 Å². The molecule has 0 saturated carbocycles. The van der Waals surface area contributed by atoms with Crippen LogP contribution >= 0.6 is 24.8 Å². The smallest absolute Gasteiger partial charge is 0.0578 e. The number of hydrogen-bond donors (Lipinski definition) is 1. The zero-order valence-electron chi connectivity index (χ0n) is 14.5. The Morgan fingerprint density at radius 2 is 1.68 bits per heavy atom. The minimum atomic E-state index is 0. The van der Waals surface area contributed by atoms with Crippen LogP contribution in [0.25, 0.3) is 0 Å². The van der Waals surface area contributed by atoms with Gasteiger partial charge in [0.25, 0.3) is 0 Å². The third-order valence-corrected chi connectivity index (χ3v) is 5.67. The summed E-state index contributed by atoms with van der Waals surface area (Å²) < 4.78 is 0. The molecule has 0 bridgehead atoms. The molecule has 25 heavy (non-hydrogen) atoms. The lowest BCUT2D eigenvalue weighted by atomic mass is 9.82. The number of nitrogens with zero attached hydrogens (tertiary/aromatic N) is 1. The molecule has 1 saturated heterocycles. The average Bonchev–Trinajstić information content (AvgIpc) is 2.97. The van der Waals surface area contributed by atoms with Crippen LogP contribution < -0.4 is 5.73 Å². The summed E-state index contributed by atoms with van der Waals surface area (Å²) >= 11 is 0. The maximum absolute atomic E-state index is 6.47. The fourth-order valence-corrected chi connectivity index (χ4v) is 4.44. The Labute approximate surface area is 163 Å². The van der Waals surface area contributed by atoms with Gasteiger partial charge in [-0.15, -0.1) is 24.8 Å². The molecule has 2 N–H and O–H groups in total. The molecular formula is C21H28Cl2N2. The highest BCUT2D eigenvalue weighted by Gasteiger charge is 2.33. The fourth-order valence-electron chi connectivity index (χ4n) is 4.44. The Morgan fingerprint density at radius 1 is 0.960 bits per heavy atom. The van der Waals surface area contributed by atoms with Crippen molar-refractivity contribution in [2.75, 3.05) is 13.1 Å². The van der Waals surface area contributed by atoms with E-state index in [0.29, 0.717) is 11.8 Å². The summed E-state index contributed by atoms with van der Waals surface area (Å²) in [6.45, 7) is 2.21. The normalized spacial score (nSPS) is 25.6. The van der Waals surface area contributed by atoms with Gasteiger partial charge in [-0.1, -0.05) is 54.6 Å². The summed E-state index contributed by atoms with van der Waals surface area (Å²) in [5.74, 6) is 1.24. The van der Waals surface area contributed by atoms with Crippen LogP contribution in [0, 0.1) is 0 Å². The van der Waals surface area contributed by atoms with Crippen molar-refractivity contribution >= 4 is 24.8 Å². The van der Waals surface area contributed by atoms with Crippen molar-refractivity contribution in [3.63, 3.8) is 0 Å². The molecule has 0 radical (unpaired) electrons. The highest BCUT2D eigenvalue weighted by molar-refractivity contribution is 5.85. The molecule has 136 valence electrons. The average molecular weight is 379 g/mol. The third kappa shape index (κ3) is 4.38. The molecule has 4 heteroatoms. The first kappa shape index (κ1) is 20.3. The Hall–Kier alpha value is -1.06. The highest BCUT2D eigenvalue weighted by atomic mass is 35.5. The first-order chi connectivity index (χ1) is 11.3. The summed E-state index contributed by atoms with van der Waals surface area (Å²) in [5.41, 5.74) is 11.0. The van der Waals surface area contributed by atoms with E-state index in [0.717, 1.165) is 19.5 Å². The number of nitrogens with two attached hydrogens (primary N) is 1. The minimum absolute atomic E-state index is 0. The van der Waals surface area contributed by atoms with Crippen molar-refractivity contribution in [3.8, 4) is 0 Å². The van der Waals surface area contributed by atoms with E-state index in [1.165, 1.54) is 24.8 Å². The number of aryl methyl sites for hydroxylation is 1. The predicted molar refractivity (Wildman–Crippen MR) is 110 cm³/mol. The number of benzene rings is 2. The molecule has 2 aromatic carbocycles. The summed E-state index contributed by atoms with van der Waals surface area (Å²) in [7, 11) is 0. The minimum Gasteiger partial charge on any atom is -0.316 e. The van der Waals surface area contributed by atoms with Crippen LogP contribution in [0.1, 0.15) is 47.8 Å². The van der Waals surface area contributed by atoms with Gasteiger partial charge in [-0.25, -0.2) is 0 Å². The van der Waals surface area contributed by atoms with E-state index in [1.807, 2.05) is 0 Å². The van der Waals surface area contributed by atoms with E-state index in [4.69, 9.17) is 5.73 Å². The van der Waals surface area contributed by atoms with E-state index >= 15 is 0 Å². The maximum atomic E-state index is 6.47. The zero-order chi connectivity index (χ0) is 15.6. The second-order valence-electron chi connectivity index (χ2n) is 7.15. The van der Waals surface area contributed by atoms with Crippen LogP contribution in [-0.2, 0) is 6.42 Å². The molecule has 1 fully saturated rings. The molecule has 1 aliphatic carbocycles. The molecule has 1 heterocycles. The van der Waals surface area contributed by atoms with Gasteiger partial charge in [-0.2, -0.15) is 0 Å². The Morgan fingerprint density at radius 3 is 2.48 bits per heavy atom. The lowest BCUT2D eigenvalue weighted by Crippen LogP contribution is -2.39. The Balaban J connectivity index is 0.00000113. The lowest BCUT2D eigenvalue weighted by molar-refractivity contribution is 0.233. The molecule has 2 nitrogen and oxygen atoms in total. The van der Waals surface area contributed by atoms with Crippen molar-refractivity contribution in [1.29, 1.82) is 0 Å². The van der Waals surface area contributed by atoms with E-state index in [9.17, 15) is 0 Å². The number of rotatable bonds is 3. The van der Waals surface area contributed by atoms with Gasteiger partial charge in [0.2, 0.25) is 0 Å². The monoisotopic (exact) mass is 378 g/mol. The van der Waals surface area contributed by atoms with Gasteiger partial charge in [0.15, 0.2) is 0 Å².